The molecule has 0 aliphatic rings. The molecule has 24 heavy (non-hydrogen) atoms. The third-order valence-electron chi connectivity index (χ3n) is 3.71. The van der Waals surface area contributed by atoms with E-state index in [-0.39, 0.29) is 11.6 Å². The fourth-order valence-corrected chi connectivity index (χ4v) is 2.45. The average molecular weight is 324 g/mol. The highest BCUT2D eigenvalue weighted by atomic mass is 16.6. The standard InChI is InChI=1S/C17H16N4O3/c1-11-6-4-5-7-13(11)16-18-17(24-19-16)12-8-9-14(20(2)3)15(10-12)21(22)23/h4-10H,1-3H3. The molecule has 0 fully saturated rings. The van der Waals surface area contributed by atoms with Crippen LogP contribution in [0.15, 0.2) is 47.0 Å². The van der Waals surface area contributed by atoms with Crippen molar-refractivity contribution >= 4 is 11.4 Å². The van der Waals surface area contributed by atoms with Crippen LogP contribution in [0, 0.1) is 17.0 Å². The van der Waals surface area contributed by atoms with Crippen LogP contribution in [0.1, 0.15) is 5.56 Å². The highest BCUT2D eigenvalue weighted by Crippen LogP contribution is 2.32. The van der Waals surface area contributed by atoms with Crippen molar-refractivity contribution in [1.29, 1.82) is 0 Å². The van der Waals surface area contributed by atoms with Gasteiger partial charge in [-0.3, -0.25) is 10.1 Å². The van der Waals surface area contributed by atoms with Crippen molar-refractivity contribution in [2.45, 2.75) is 6.92 Å². The van der Waals surface area contributed by atoms with Gasteiger partial charge in [-0.2, -0.15) is 4.98 Å². The van der Waals surface area contributed by atoms with E-state index in [0.717, 1.165) is 11.1 Å². The van der Waals surface area contributed by atoms with E-state index in [1.165, 1.54) is 6.07 Å². The minimum Gasteiger partial charge on any atom is -0.372 e. The molecule has 3 aromatic rings. The van der Waals surface area contributed by atoms with E-state index in [9.17, 15) is 10.1 Å². The summed E-state index contributed by atoms with van der Waals surface area (Å²) in [6.45, 7) is 1.96. The molecule has 0 saturated heterocycles. The first-order valence-electron chi connectivity index (χ1n) is 7.33. The number of nitro groups is 1. The highest BCUT2D eigenvalue weighted by Gasteiger charge is 2.19. The van der Waals surface area contributed by atoms with Gasteiger partial charge in [0.1, 0.15) is 5.69 Å². The van der Waals surface area contributed by atoms with Gasteiger partial charge in [0.05, 0.1) is 4.92 Å². The van der Waals surface area contributed by atoms with Gasteiger partial charge in [-0.15, -0.1) is 0 Å². The van der Waals surface area contributed by atoms with Crippen LogP contribution in [0.4, 0.5) is 11.4 Å². The van der Waals surface area contributed by atoms with E-state index in [1.54, 1.807) is 31.1 Å². The predicted molar refractivity (Wildman–Crippen MR) is 90.9 cm³/mol. The van der Waals surface area contributed by atoms with Crippen molar-refractivity contribution in [3.05, 3.63) is 58.1 Å². The molecule has 0 unspecified atom stereocenters. The summed E-state index contributed by atoms with van der Waals surface area (Å²) in [5, 5.41) is 15.3. The van der Waals surface area contributed by atoms with Crippen molar-refractivity contribution in [2.75, 3.05) is 19.0 Å². The molecule has 0 aliphatic heterocycles. The third-order valence-corrected chi connectivity index (χ3v) is 3.71. The molecule has 0 amide bonds. The van der Waals surface area contributed by atoms with Crippen molar-refractivity contribution in [2.24, 2.45) is 0 Å². The predicted octanol–water partition coefficient (Wildman–Crippen LogP) is 3.69. The molecule has 0 radical (unpaired) electrons. The summed E-state index contributed by atoms with van der Waals surface area (Å²) in [6, 6.07) is 12.6. The fourth-order valence-electron chi connectivity index (χ4n) is 2.45. The number of benzene rings is 2. The topological polar surface area (TPSA) is 85.3 Å². The molecule has 0 aliphatic carbocycles. The Morgan fingerprint density at radius 3 is 2.58 bits per heavy atom. The van der Waals surface area contributed by atoms with E-state index in [2.05, 4.69) is 10.1 Å². The van der Waals surface area contributed by atoms with Crippen LogP contribution in [0.5, 0.6) is 0 Å². The molecule has 1 aromatic heterocycles. The monoisotopic (exact) mass is 324 g/mol. The maximum Gasteiger partial charge on any atom is 0.293 e. The number of aryl methyl sites for hydroxylation is 1. The summed E-state index contributed by atoms with van der Waals surface area (Å²) in [5.74, 6) is 0.712. The normalized spacial score (nSPS) is 10.6. The molecule has 3 rings (SSSR count). The van der Waals surface area contributed by atoms with E-state index in [4.69, 9.17) is 4.52 Å². The lowest BCUT2D eigenvalue weighted by Crippen LogP contribution is -2.10. The minimum absolute atomic E-state index is 0.00635. The van der Waals surface area contributed by atoms with E-state index < -0.39 is 4.92 Å². The number of nitro benzene ring substituents is 1. The number of nitrogens with zero attached hydrogens (tertiary/aromatic N) is 4. The molecule has 0 spiro atoms. The SMILES string of the molecule is Cc1ccccc1-c1noc(-c2ccc(N(C)C)c([N+](=O)[O-])c2)n1. The van der Waals surface area contributed by atoms with Crippen molar-refractivity contribution in [3.63, 3.8) is 0 Å². The van der Waals surface area contributed by atoms with E-state index in [0.29, 0.717) is 17.1 Å². The summed E-state index contributed by atoms with van der Waals surface area (Å²) >= 11 is 0. The van der Waals surface area contributed by atoms with Gasteiger partial charge in [-0.1, -0.05) is 29.4 Å². The molecule has 122 valence electrons. The summed E-state index contributed by atoms with van der Waals surface area (Å²) in [6.07, 6.45) is 0. The van der Waals surface area contributed by atoms with Gasteiger partial charge in [-0.25, -0.2) is 0 Å². The molecular weight excluding hydrogens is 308 g/mol. The Hall–Kier alpha value is -3.22. The molecule has 2 aromatic carbocycles. The van der Waals surface area contributed by atoms with Gasteiger partial charge < -0.3 is 9.42 Å². The number of anilines is 1. The Balaban J connectivity index is 2.03. The lowest BCUT2D eigenvalue weighted by Gasteiger charge is -2.12. The van der Waals surface area contributed by atoms with Crippen LogP contribution in [0.2, 0.25) is 0 Å². The third kappa shape index (κ3) is 2.83. The van der Waals surface area contributed by atoms with Crippen molar-refractivity contribution in [1.82, 2.24) is 10.1 Å². The van der Waals surface area contributed by atoms with Gasteiger partial charge in [-0.05, 0) is 24.6 Å². The number of aromatic nitrogens is 2. The fraction of sp³-hybridized carbons (Fsp3) is 0.176. The molecular formula is C17H16N4O3. The largest absolute Gasteiger partial charge is 0.372 e. The van der Waals surface area contributed by atoms with Gasteiger partial charge in [0.25, 0.3) is 11.6 Å². The van der Waals surface area contributed by atoms with E-state index in [1.807, 2.05) is 31.2 Å². The molecule has 7 nitrogen and oxygen atoms in total. The molecule has 0 atom stereocenters. The van der Waals surface area contributed by atoms with Crippen LogP contribution in [-0.2, 0) is 0 Å². The molecule has 7 heteroatoms. The van der Waals surface area contributed by atoms with Crippen LogP contribution in [0.3, 0.4) is 0 Å². The maximum atomic E-state index is 11.3. The minimum atomic E-state index is -0.419. The second-order valence-electron chi connectivity index (χ2n) is 5.59. The summed E-state index contributed by atoms with van der Waals surface area (Å²) in [4.78, 5) is 16.9. The highest BCUT2D eigenvalue weighted by molar-refractivity contribution is 5.71. The Morgan fingerprint density at radius 2 is 1.92 bits per heavy atom. The summed E-state index contributed by atoms with van der Waals surface area (Å²) in [5.41, 5.74) is 2.92. The summed E-state index contributed by atoms with van der Waals surface area (Å²) in [7, 11) is 3.51. The quantitative estimate of drug-likeness (QED) is 0.537. The van der Waals surface area contributed by atoms with Crippen LogP contribution in [-0.4, -0.2) is 29.2 Å². The Labute approximate surface area is 138 Å². The van der Waals surface area contributed by atoms with Crippen LogP contribution in [0.25, 0.3) is 22.8 Å². The Morgan fingerprint density at radius 1 is 1.17 bits per heavy atom. The molecule has 0 saturated carbocycles. The molecule has 1 heterocycles. The molecule has 0 bridgehead atoms. The first kappa shape index (κ1) is 15.7. The zero-order chi connectivity index (χ0) is 17.3. The lowest BCUT2D eigenvalue weighted by molar-refractivity contribution is -0.384. The van der Waals surface area contributed by atoms with E-state index >= 15 is 0 Å². The lowest BCUT2D eigenvalue weighted by atomic mass is 10.1. The van der Waals surface area contributed by atoms with Crippen molar-refractivity contribution in [3.8, 4) is 22.8 Å². The Bertz CT molecular complexity index is 902. The maximum absolute atomic E-state index is 11.3. The average Bonchev–Trinajstić information content (AvgIpc) is 3.04. The zero-order valence-electron chi connectivity index (χ0n) is 13.6. The smallest absolute Gasteiger partial charge is 0.293 e. The number of hydrogen-bond acceptors (Lipinski definition) is 6. The molecule has 0 N–H and O–H groups in total. The second-order valence-corrected chi connectivity index (χ2v) is 5.59. The Kier molecular flexibility index (Phi) is 3.99. The number of hydrogen-bond donors (Lipinski definition) is 0. The van der Waals surface area contributed by atoms with Gasteiger partial charge >= 0.3 is 0 Å². The summed E-state index contributed by atoms with van der Waals surface area (Å²) < 4.78 is 5.30. The van der Waals surface area contributed by atoms with Crippen LogP contribution < -0.4 is 4.90 Å². The van der Waals surface area contributed by atoms with Crippen molar-refractivity contribution < 1.29 is 9.45 Å². The van der Waals surface area contributed by atoms with Gasteiger partial charge in [0, 0.05) is 31.3 Å². The van der Waals surface area contributed by atoms with Gasteiger partial charge in [0.2, 0.25) is 5.82 Å². The zero-order valence-corrected chi connectivity index (χ0v) is 13.6. The number of rotatable bonds is 4. The van der Waals surface area contributed by atoms with Crippen LogP contribution >= 0.6 is 0 Å². The second kappa shape index (κ2) is 6.11. The first-order chi connectivity index (χ1) is 11.5. The van der Waals surface area contributed by atoms with Gasteiger partial charge in [0.15, 0.2) is 0 Å². The first-order valence-corrected chi connectivity index (χ1v) is 7.33.